The van der Waals surface area contributed by atoms with Crippen LogP contribution in [-0.4, -0.2) is 17.9 Å². The first kappa shape index (κ1) is 14.5. The topological polar surface area (TPSA) is 56.5 Å². The van der Waals surface area contributed by atoms with Crippen LogP contribution >= 0.6 is 0 Å². The molecule has 24 heavy (non-hydrogen) atoms. The second kappa shape index (κ2) is 4.41. The van der Waals surface area contributed by atoms with Crippen LogP contribution in [0.15, 0.2) is 27.9 Å². The van der Waals surface area contributed by atoms with Gasteiger partial charge in [0.15, 0.2) is 5.76 Å². The Morgan fingerprint density at radius 2 is 1.92 bits per heavy atom. The van der Waals surface area contributed by atoms with Gasteiger partial charge in [0.1, 0.15) is 6.10 Å². The first-order chi connectivity index (χ1) is 11.4. The number of Topliss-reactive ketones (excluding diaryl/α,β-unsaturated/α-hetero) is 1. The monoisotopic (exact) mass is 326 g/mol. The summed E-state index contributed by atoms with van der Waals surface area (Å²) in [4.78, 5) is 25.7. The summed E-state index contributed by atoms with van der Waals surface area (Å²) in [5, 5.41) is 0. The number of carbonyl (C=O) groups is 2. The van der Waals surface area contributed by atoms with Crippen molar-refractivity contribution in [2.75, 3.05) is 0 Å². The summed E-state index contributed by atoms with van der Waals surface area (Å²) in [6.45, 7) is 4.34. The van der Waals surface area contributed by atoms with Gasteiger partial charge in [-0.1, -0.05) is 18.9 Å². The van der Waals surface area contributed by atoms with E-state index in [4.69, 9.17) is 9.15 Å². The van der Waals surface area contributed by atoms with Crippen LogP contribution in [0.2, 0.25) is 0 Å². The number of rotatable bonds is 0. The van der Waals surface area contributed by atoms with Gasteiger partial charge < -0.3 is 9.15 Å². The van der Waals surface area contributed by atoms with Crippen molar-refractivity contribution in [3.05, 3.63) is 34.8 Å². The number of furan rings is 1. The highest BCUT2D eigenvalue weighted by molar-refractivity contribution is 6.09. The van der Waals surface area contributed by atoms with E-state index in [2.05, 4.69) is 13.8 Å². The minimum absolute atomic E-state index is 0.0115. The maximum absolute atomic E-state index is 13.1. The Morgan fingerprint density at radius 1 is 1.12 bits per heavy atom. The predicted octanol–water partition coefficient (Wildman–Crippen LogP) is 3.85. The highest BCUT2D eigenvalue weighted by Crippen LogP contribution is 2.64. The molecule has 5 rings (SSSR count). The van der Waals surface area contributed by atoms with E-state index in [1.54, 1.807) is 6.26 Å². The first-order valence-corrected chi connectivity index (χ1v) is 9.00. The standard InChI is InChI=1S/C20H22O4/c1-19-7-3-8-20(2)17(19)14(24-18(20)22)10-12-13(19)5-4-11-6-9-23-16(11)15(12)21/h6,9,14,17H,3-5,7-8,10H2,1-2H3/t14-,17-,19-,20+/m1/s1. The van der Waals surface area contributed by atoms with Crippen molar-refractivity contribution in [2.24, 2.45) is 16.7 Å². The number of ether oxygens (including phenoxy) is 1. The minimum atomic E-state index is -0.391. The number of carbonyl (C=O) groups excluding carboxylic acids is 2. The zero-order valence-electron chi connectivity index (χ0n) is 14.2. The summed E-state index contributed by atoms with van der Waals surface area (Å²) in [5.74, 6) is 0.636. The number of allylic oxidation sites excluding steroid dienone is 1. The van der Waals surface area contributed by atoms with Crippen LogP contribution in [0.1, 0.15) is 62.1 Å². The Hall–Kier alpha value is -1.84. The van der Waals surface area contributed by atoms with E-state index < -0.39 is 5.41 Å². The van der Waals surface area contributed by atoms with E-state index in [0.717, 1.165) is 43.2 Å². The third-order valence-electron chi connectivity index (χ3n) is 7.19. The Morgan fingerprint density at radius 3 is 2.75 bits per heavy atom. The van der Waals surface area contributed by atoms with Gasteiger partial charge in [-0.2, -0.15) is 0 Å². The van der Waals surface area contributed by atoms with E-state index in [0.29, 0.717) is 12.2 Å². The maximum atomic E-state index is 13.1. The second-order valence-electron chi connectivity index (χ2n) is 8.38. The molecular formula is C20H22O4. The average Bonchev–Trinajstić information content (AvgIpc) is 3.06. The summed E-state index contributed by atoms with van der Waals surface area (Å²) < 4.78 is 11.3. The molecule has 0 bridgehead atoms. The summed E-state index contributed by atoms with van der Waals surface area (Å²) in [6, 6.07) is 1.92. The lowest BCUT2D eigenvalue weighted by Gasteiger charge is -2.52. The first-order valence-electron chi connectivity index (χ1n) is 9.00. The largest absolute Gasteiger partial charge is 0.461 e. The van der Waals surface area contributed by atoms with E-state index in [1.165, 1.54) is 5.57 Å². The Balaban J connectivity index is 1.69. The zero-order chi connectivity index (χ0) is 16.7. The molecule has 2 fully saturated rings. The third-order valence-corrected chi connectivity index (χ3v) is 7.19. The normalized spacial score (nSPS) is 40.6. The third kappa shape index (κ3) is 1.55. The van der Waals surface area contributed by atoms with Crippen molar-refractivity contribution in [1.29, 1.82) is 0 Å². The Labute approximate surface area is 141 Å². The molecule has 4 aliphatic rings. The average molecular weight is 326 g/mol. The summed E-state index contributed by atoms with van der Waals surface area (Å²) in [6.07, 6.45) is 6.68. The lowest BCUT2D eigenvalue weighted by Crippen LogP contribution is -2.50. The minimum Gasteiger partial charge on any atom is -0.461 e. The molecular weight excluding hydrogens is 304 g/mol. The van der Waals surface area contributed by atoms with Gasteiger partial charge in [-0.25, -0.2) is 0 Å². The van der Waals surface area contributed by atoms with Gasteiger partial charge in [-0.3, -0.25) is 9.59 Å². The van der Waals surface area contributed by atoms with E-state index in [1.807, 2.05) is 6.07 Å². The lowest BCUT2D eigenvalue weighted by atomic mass is 9.49. The molecule has 4 heteroatoms. The van der Waals surface area contributed by atoms with Gasteiger partial charge in [-0.05, 0) is 44.1 Å². The maximum Gasteiger partial charge on any atom is 0.312 e. The molecule has 0 aromatic carbocycles. The summed E-state index contributed by atoms with van der Waals surface area (Å²) in [7, 11) is 0. The number of hydrogen-bond donors (Lipinski definition) is 0. The van der Waals surface area contributed by atoms with Crippen LogP contribution in [0.3, 0.4) is 0 Å². The molecule has 0 spiro atoms. The number of hydrogen-bond acceptors (Lipinski definition) is 4. The fourth-order valence-electron chi connectivity index (χ4n) is 6.19. The van der Waals surface area contributed by atoms with Gasteiger partial charge in [0.05, 0.1) is 11.7 Å². The van der Waals surface area contributed by atoms with E-state index >= 15 is 0 Å². The molecule has 3 aliphatic carbocycles. The highest BCUT2D eigenvalue weighted by atomic mass is 16.6. The second-order valence-corrected chi connectivity index (χ2v) is 8.38. The van der Waals surface area contributed by atoms with Crippen molar-refractivity contribution in [2.45, 2.75) is 58.5 Å². The summed E-state index contributed by atoms with van der Waals surface area (Å²) >= 11 is 0. The Bertz CT molecular complexity index is 800. The predicted molar refractivity (Wildman–Crippen MR) is 86.4 cm³/mol. The molecule has 126 valence electrons. The zero-order valence-corrected chi connectivity index (χ0v) is 14.2. The van der Waals surface area contributed by atoms with Gasteiger partial charge in [0.2, 0.25) is 5.78 Å². The Kier molecular flexibility index (Phi) is 2.66. The van der Waals surface area contributed by atoms with E-state index in [-0.39, 0.29) is 29.2 Å². The molecule has 1 aromatic rings. The van der Waals surface area contributed by atoms with Crippen LogP contribution in [-0.2, 0) is 16.0 Å². The van der Waals surface area contributed by atoms with Crippen molar-refractivity contribution in [1.82, 2.24) is 0 Å². The molecule has 0 amide bonds. The molecule has 2 heterocycles. The summed E-state index contributed by atoms with van der Waals surface area (Å²) in [5.41, 5.74) is 2.63. The fraction of sp³-hybridized carbons (Fsp3) is 0.600. The number of esters is 1. The molecule has 1 saturated heterocycles. The molecule has 4 nitrogen and oxygen atoms in total. The smallest absolute Gasteiger partial charge is 0.312 e. The molecule has 4 atom stereocenters. The van der Waals surface area contributed by atoms with Crippen molar-refractivity contribution in [3.63, 3.8) is 0 Å². The van der Waals surface area contributed by atoms with Crippen LogP contribution in [0.4, 0.5) is 0 Å². The molecule has 0 unspecified atom stereocenters. The molecule has 0 radical (unpaired) electrons. The van der Waals surface area contributed by atoms with Crippen molar-refractivity contribution >= 4 is 11.8 Å². The fourth-order valence-corrected chi connectivity index (χ4v) is 6.19. The van der Waals surface area contributed by atoms with Crippen LogP contribution in [0.5, 0.6) is 0 Å². The highest BCUT2D eigenvalue weighted by Gasteiger charge is 2.65. The molecule has 1 aliphatic heterocycles. The van der Waals surface area contributed by atoms with Gasteiger partial charge in [0.25, 0.3) is 0 Å². The van der Waals surface area contributed by atoms with Gasteiger partial charge >= 0.3 is 5.97 Å². The number of ketones is 1. The quantitative estimate of drug-likeness (QED) is 0.680. The number of fused-ring (bicyclic) bond motifs is 2. The molecule has 1 aromatic heterocycles. The van der Waals surface area contributed by atoms with Crippen LogP contribution in [0, 0.1) is 16.7 Å². The van der Waals surface area contributed by atoms with Crippen molar-refractivity contribution in [3.8, 4) is 0 Å². The SMILES string of the molecule is C[C@@]12CCC[C@]3(C)C4=C(C[C@@H](OC1=O)[C@@H]23)C(=O)c1occc1CC4. The van der Waals surface area contributed by atoms with Crippen LogP contribution < -0.4 is 0 Å². The number of aryl methyl sites for hydroxylation is 1. The van der Waals surface area contributed by atoms with Crippen LogP contribution in [0.25, 0.3) is 0 Å². The lowest BCUT2D eigenvalue weighted by molar-refractivity contribution is -0.148. The van der Waals surface area contributed by atoms with Crippen molar-refractivity contribution < 1.29 is 18.7 Å². The molecule has 1 saturated carbocycles. The van der Waals surface area contributed by atoms with Gasteiger partial charge in [-0.15, -0.1) is 0 Å². The molecule has 0 N–H and O–H groups in total. The van der Waals surface area contributed by atoms with Gasteiger partial charge in [0, 0.05) is 23.5 Å². The van der Waals surface area contributed by atoms with E-state index in [9.17, 15) is 9.59 Å².